The van der Waals surface area contributed by atoms with Crippen LogP contribution in [0.25, 0.3) is 0 Å². The molecule has 0 unspecified atom stereocenters. The molecule has 20 heteroatoms. The largest absolute Gasteiger partial charge is 0.270 e. The summed E-state index contributed by atoms with van der Waals surface area (Å²) < 4.78 is 142. The number of hydrogen-bond donors (Lipinski definition) is 0. The van der Waals surface area contributed by atoms with Gasteiger partial charge in [0, 0.05) is 39.3 Å². The Bertz CT molecular complexity index is 2090. The smallest absolute Gasteiger partial charge is 0.264 e. The Hall–Kier alpha value is -2.79. The fourth-order valence-electron chi connectivity index (χ4n) is 4.98. The summed E-state index contributed by atoms with van der Waals surface area (Å²) in [5.74, 6) is 0. The van der Waals surface area contributed by atoms with Gasteiger partial charge < -0.3 is 0 Å². The molecule has 0 amide bonds. The van der Waals surface area contributed by atoms with E-state index in [1.807, 2.05) is 0 Å². The normalized spacial score (nSPS) is 13.3. The first-order valence-electron chi connectivity index (χ1n) is 16.4. The van der Waals surface area contributed by atoms with Crippen molar-refractivity contribution in [1.29, 1.82) is 0 Å². The van der Waals surface area contributed by atoms with Crippen LogP contribution < -0.4 is 0 Å². The fraction of sp³-hybridized carbons (Fsp3) is 0.455. The average molecular weight is 838 g/mol. The van der Waals surface area contributed by atoms with Gasteiger partial charge in [-0.05, 0) is 70.0 Å². The highest BCUT2D eigenvalue weighted by molar-refractivity contribution is 7.90. The molecule has 0 atom stereocenters. The van der Waals surface area contributed by atoms with Gasteiger partial charge in [0.25, 0.3) is 20.2 Å². The van der Waals surface area contributed by atoms with Crippen molar-refractivity contribution < 1.29 is 50.5 Å². The van der Waals surface area contributed by atoms with Crippen LogP contribution in [0.1, 0.15) is 29.5 Å². The zero-order valence-electron chi connectivity index (χ0n) is 30.3. The van der Waals surface area contributed by atoms with Crippen molar-refractivity contribution in [2.24, 2.45) is 0 Å². The van der Waals surface area contributed by atoms with Crippen LogP contribution in [0.3, 0.4) is 0 Å². The monoisotopic (exact) mass is 837 g/mol. The molecule has 3 aromatic carbocycles. The predicted octanol–water partition coefficient (Wildman–Crippen LogP) is 2.72. The summed E-state index contributed by atoms with van der Waals surface area (Å²) in [6.45, 7) is 2.66. The van der Waals surface area contributed by atoms with Gasteiger partial charge in [0.2, 0.25) is 30.1 Å². The molecule has 0 saturated carbocycles. The van der Waals surface area contributed by atoms with Gasteiger partial charge in [-0.1, -0.05) is 53.1 Å². The summed E-state index contributed by atoms with van der Waals surface area (Å²) in [5, 5.41) is 0. The molecule has 296 valence electrons. The van der Waals surface area contributed by atoms with Crippen LogP contribution in [0, 0.1) is 20.8 Å². The van der Waals surface area contributed by atoms with Crippen LogP contribution in [0.5, 0.6) is 0 Å². The van der Waals surface area contributed by atoms with Crippen molar-refractivity contribution in [2.75, 3.05) is 65.0 Å². The van der Waals surface area contributed by atoms with E-state index in [2.05, 4.69) is 0 Å². The molecular weight excluding hydrogens is 791 g/mol. The number of sulfonamides is 3. The summed E-state index contributed by atoms with van der Waals surface area (Å²) in [6.07, 6.45) is 1.65. The maximum Gasteiger partial charge on any atom is 0.264 e. The Morgan fingerprint density at radius 3 is 0.849 bits per heavy atom. The third-order valence-corrected chi connectivity index (χ3v) is 14.8. The Balaban J connectivity index is 2.00. The minimum absolute atomic E-state index is 0.0407. The lowest BCUT2D eigenvalue weighted by atomic mass is 10.2. The lowest BCUT2D eigenvalue weighted by Gasteiger charge is -2.29. The van der Waals surface area contributed by atoms with E-state index >= 15 is 0 Å². The van der Waals surface area contributed by atoms with Gasteiger partial charge in [0.15, 0.2) is 0 Å². The van der Waals surface area contributed by atoms with Crippen LogP contribution in [-0.2, 0) is 58.7 Å². The molecular formula is C33H47N3O12S5. The van der Waals surface area contributed by atoms with Gasteiger partial charge in [0.05, 0.1) is 40.4 Å². The van der Waals surface area contributed by atoms with Crippen molar-refractivity contribution in [3.8, 4) is 0 Å². The molecule has 0 heterocycles. The van der Waals surface area contributed by atoms with Crippen LogP contribution in [0.15, 0.2) is 87.5 Å². The minimum Gasteiger partial charge on any atom is -0.270 e. The predicted molar refractivity (Wildman–Crippen MR) is 201 cm³/mol. The first kappa shape index (κ1) is 44.6. The lowest BCUT2D eigenvalue weighted by molar-refractivity contribution is 0.274. The molecule has 0 saturated heterocycles. The molecule has 0 aromatic heterocycles. The third kappa shape index (κ3) is 13.8. The Labute approximate surface area is 314 Å². The van der Waals surface area contributed by atoms with E-state index in [4.69, 9.17) is 8.37 Å². The van der Waals surface area contributed by atoms with Crippen LogP contribution in [0.2, 0.25) is 0 Å². The molecule has 0 bridgehead atoms. The van der Waals surface area contributed by atoms with E-state index in [1.54, 1.807) is 57.2 Å². The summed E-state index contributed by atoms with van der Waals surface area (Å²) in [4.78, 5) is -0.231. The second-order valence-electron chi connectivity index (χ2n) is 12.4. The standard InChI is InChI=1S/C33H47N3O12S5/c1-28-8-14-31(15-9-28)51(41,42)34(20-6-26-47-49(4,37)38)22-24-36(53(45,46)33-18-12-30(3)13-19-33)25-23-35(21-7-27-48-50(5,39)40)52(43,44)32-16-10-29(2)11-17-32/h8-19H,6-7,20-27H2,1-5H3. The SMILES string of the molecule is Cc1ccc(S(=O)(=O)N(CCCOS(C)(=O)=O)CCN(CCN(CCCOS(C)(=O)=O)S(=O)(=O)c2ccc(C)cc2)S(=O)(=O)c2ccc(C)cc2)cc1. The van der Waals surface area contributed by atoms with E-state index < -0.39 is 63.4 Å². The third-order valence-electron chi connectivity index (χ3n) is 7.87. The number of aryl methyl sites for hydroxylation is 3. The second kappa shape index (κ2) is 18.7. The maximum absolute atomic E-state index is 14.1. The average Bonchev–Trinajstić information content (AvgIpc) is 3.05. The fourth-order valence-corrected chi connectivity index (χ4v) is 10.2. The second-order valence-corrected chi connectivity index (χ2v) is 21.5. The van der Waals surface area contributed by atoms with Crippen LogP contribution in [0.4, 0.5) is 0 Å². The zero-order chi connectivity index (χ0) is 39.7. The van der Waals surface area contributed by atoms with Crippen molar-refractivity contribution in [3.05, 3.63) is 89.5 Å². The molecule has 0 aliphatic carbocycles. The topological polar surface area (TPSA) is 199 Å². The van der Waals surface area contributed by atoms with Crippen molar-refractivity contribution in [3.63, 3.8) is 0 Å². The highest BCUT2D eigenvalue weighted by Crippen LogP contribution is 2.22. The summed E-state index contributed by atoms with van der Waals surface area (Å²) >= 11 is 0. The van der Waals surface area contributed by atoms with Gasteiger partial charge in [-0.25, -0.2) is 25.3 Å². The highest BCUT2D eigenvalue weighted by atomic mass is 32.2. The number of rotatable bonds is 22. The number of nitrogens with zero attached hydrogens (tertiary/aromatic N) is 3. The van der Waals surface area contributed by atoms with E-state index in [0.717, 1.165) is 42.1 Å². The molecule has 53 heavy (non-hydrogen) atoms. The van der Waals surface area contributed by atoms with Crippen molar-refractivity contribution in [2.45, 2.75) is 48.3 Å². The van der Waals surface area contributed by atoms with Gasteiger partial charge >= 0.3 is 0 Å². The Morgan fingerprint density at radius 1 is 0.396 bits per heavy atom. The Kier molecular flexibility index (Phi) is 15.7. The van der Waals surface area contributed by atoms with E-state index in [1.165, 1.54) is 36.4 Å². The molecule has 0 aliphatic heterocycles. The molecule has 0 radical (unpaired) electrons. The molecule has 15 nitrogen and oxygen atoms in total. The summed E-state index contributed by atoms with van der Waals surface area (Å²) in [5.41, 5.74) is 2.40. The summed E-state index contributed by atoms with van der Waals surface area (Å²) in [6, 6.07) is 18.0. The van der Waals surface area contributed by atoms with E-state index in [9.17, 15) is 42.1 Å². The molecule has 0 spiro atoms. The highest BCUT2D eigenvalue weighted by Gasteiger charge is 2.31. The molecule has 3 rings (SSSR count). The van der Waals surface area contributed by atoms with Gasteiger partial charge in [-0.15, -0.1) is 0 Å². The molecule has 0 aliphatic rings. The van der Waals surface area contributed by atoms with E-state index in [-0.39, 0.29) is 66.9 Å². The first-order chi connectivity index (χ1) is 24.5. The van der Waals surface area contributed by atoms with Gasteiger partial charge in [-0.2, -0.15) is 29.8 Å². The Morgan fingerprint density at radius 2 is 0.623 bits per heavy atom. The quantitative estimate of drug-likeness (QED) is 0.106. The van der Waals surface area contributed by atoms with E-state index in [0.29, 0.717) is 0 Å². The number of hydrogen-bond acceptors (Lipinski definition) is 12. The molecule has 0 fully saturated rings. The van der Waals surface area contributed by atoms with Gasteiger partial charge in [-0.3, -0.25) is 8.37 Å². The number of benzene rings is 3. The lowest BCUT2D eigenvalue weighted by Crippen LogP contribution is -2.45. The molecule has 3 aromatic rings. The first-order valence-corrected chi connectivity index (χ1v) is 24.4. The van der Waals surface area contributed by atoms with Crippen LogP contribution >= 0.6 is 0 Å². The summed E-state index contributed by atoms with van der Waals surface area (Å²) in [7, 11) is -20.4. The van der Waals surface area contributed by atoms with Crippen LogP contribution in [-0.4, -0.2) is 120 Å². The molecule has 0 N–H and O–H groups in total. The maximum atomic E-state index is 14.1. The van der Waals surface area contributed by atoms with Crippen molar-refractivity contribution >= 4 is 50.3 Å². The zero-order valence-corrected chi connectivity index (χ0v) is 34.4. The van der Waals surface area contributed by atoms with Gasteiger partial charge in [0.1, 0.15) is 0 Å². The minimum atomic E-state index is -4.35. The van der Waals surface area contributed by atoms with Crippen molar-refractivity contribution in [1.82, 2.24) is 12.9 Å².